The van der Waals surface area contributed by atoms with Gasteiger partial charge in [0.1, 0.15) is 5.75 Å². The molecule has 1 aliphatic rings. The second-order valence-corrected chi connectivity index (χ2v) is 8.04. The molecule has 0 saturated heterocycles. The van der Waals surface area contributed by atoms with E-state index in [0.717, 1.165) is 19.3 Å². The number of benzene rings is 1. The molecule has 0 heterocycles. The summed E-state index contributed by atoms with van der Waals surface area (Å²) in [5.41, 5.74) is 6.41. The van der Waals surface area contributed by atoms with Crippen LogP contribution in [0.15, 0.2) is 18.2 Å². The fraction of sp³-hybridized carbons (Fsp3) is 0.500. The first-order valence-corrected chi connectivity index (χ1v) is 9.04. The third-order valence-corrected chi connectivity index (χ3v) is 6.12. The first-order chi connectivity index (χ1) is 9.88. The van der Waals surface area contributed by atoms with Crippen LogP contribution in [0, 0.1) is 0 Å². The van der Waals surface area contributed by atoms with Crippen molar-refractivity contribution in [1.29, 1.82) is 0 Å². The number of anilines is 2. The summed E-state index contributed by atoms with van der Waals surface area (Å²) in [7, 11) is -3.40. The van der Waals surface area contributed by atoms with Gasteiger partial charge in [0.25, 0.3) is 0 Å². The minimum Gasteiger partial charge on any atom is -0.399 e. The highest BCUT2D eigenvalue weighted by Crippen LogP contribution is 2.26. The van der Waals surface area contributed by atoms with Crippen molar-refractivity contribution in [1.82, 2.24) is 0 Å². The number of nitrogens with one attached hydrogen (secondary N) is 1. The highest BCUT2D eigenvalue weighted by Gasteiger charge is 2.29. The molecule has 0 aliphatic heterocycles. The molecular formula is C14H19ClN2O3S. The summed E-state index contributed by atoms with van der Waals surface area (Å²) in [5, 5.41) is 2.43. The number of hydrogen-bond donors (Lipinski definition) is 2. The number of nitrogens with two attached hydrogens (primary N) is 1. The van der Waals surface area contributed by atoms with Gasteiger partial charge in [-0.25, -0.2) is 8.42 Å². The standard InChI is InChI=1S/C14H19ClN2O3S/c15-12-8-10(16)6-7-13(12)17-14(18)9-21(19,20)11-4-2-1-3-5-11/h6-8,11H,1-5,9,16H2,(H,17,18). The lowest BCUT2D eigenvalue weighted by atomic mass is 10.0. The maximum absolute atomic E-state index is 12.2. The Balaban J connectivity index is 2.00. The Bertz CT molecular complexity index is 625. The van der Waals surface area contributed by atoms with Crippen molar-refractivity contribution >= 4 is 38.7 Å². The fourth-order valence-corrected chi connectivity index (χ4v) is 4.50. The SMILES string of the molecule is Nc1ccc(NC(=O)CS(=O)(=O)C2CCCCC2)c(Cl)c1. The Morgan fingerprint density at radius 3 is 2.57 bits per heavy atom. The van der Waals surface area contributed by atoms with Crippen molar-refractivity contribution in [3.8, 4) is 0 Å². The topological polar surface area (TPSA) is 89.3 Å². The summed E-state index contributed by atoms with van der Waals surface area (Å²) < 4.78 is 24.4. The number of nitrogen functional groups attached to an aromatic ring is 1. The van der Waals surface area contributed by atoms with Crippen molar-refractivity contribution in [3.05, 3.63) is 23.2 Å². The van der Waals surface area contributed by atoms with Crippen LogP contribution < -0.4 is 11.1 Å². The van der Waals surface area contributed by atoms with E-state index < -0.39 is 21.5 Å². The van der Waals surface area contributed by atoms with Gasteiger partial charge in [-0.05, 0) is 31.0 Å². The molecule has 0 unspecified atom stereocenters. The van der Waals surface area contributed by atoms with E-state index in [1.165, 1.54) is 6.07 Å². The number of halogens is 1. The van der Waals surface area contributed by atoms with E-state index in [1.54, 1.807) is 12.1 Å². The van der Waals surface area contributed by atoms with Crippen LogP contribution in [-0.4, -0.2) is 25.3 Å². The van der Waals surface area contributed by atoms with Crippen molar-refractivity contribution in [2.45, 2.75) is 37.4 Å². The third kappa shape index (κ3) is 4.35. The van der Waals surface area contributed by atoms with E-state index in [4.69, 9.17) is 17.3 Å². The van der Waals surface area contributed by atoms with E-state index in [-0.39, 0.29) is 5.25 Å². The van der Waals surface area contributed by atoms with Gasteiger partial charge in [-0.1, -0.05) is 30.9 Å². The number of amides is 1. The lowest BCUT2D eigenvalue weighted by Gasteiger charge is -2.21. The van der Waals surface area contributed by atoms with E-state index >= 15 is 0 Å². The molecule has 21 heavy (non-hydrogen) atoms. The molecule has 5 nitrogen and oxygen atoms in total. The Labute approximate surface area is 129 Å². The molecule has 1 amide bonds. The number of sulfone groups is 1. The van der Waals surface area contributed by atoms with Crippen molar-refractivity contribution < 1.29 is 13.2 Å². The molecule has 1 aromatic carbocycles. The first-order valence-electron chi connectivity index (χ1n) is 6.95. The normalized spacial score (nSPS) is 16.6. The number of hydrogen-bond acceptors (Lipinski definition) is 4. The molecule has 0 radical (unpaired) electrons. The number of carbonyl (C=O) groups excluding carboxylic acids is 1. The Hall–Kier alpha value is -1.27. The molecule has 1 fully saturated rings. The molecule has 0 atom stereocenters. The second kappa shape index (κ2) is 6.66. The molecule has 3 N–H and O–H groups in total. The largest absolute Gasteiger partial charge is 0.399 e. The predicted octanol–water partition coefficient (Wildman–Crippen LogP) is 2.61. The van der Waals surface area contributed by atoms with Crippen LogP contribution in [0.25, 0.3) is 0 Å². The highest BCUT2D eigenvalue weighted by molar-refractivity contribution is 7.92. The third-order valence-electron chi connectivity index (χ3n) is 3.66. The quantitative estimate of drug-likeness (QED) is 0.830. The lowest BCUT2D eigenvalue weighted by Crippen LogP contribution is -2.32. The first kappa shape index (κ1) is 16.1. The maximum atomic E-state index is 12.2. The zero-order chi connectivity index (χ0) is 15.5. The summed E-state index contributed by atoms with van der Waals surface area (Å²) in [4.78, 5) is 11.9. The zero-order valence-corrected chi connectivity index (χ0v) is 13.2. The van der Waals surface area contributed by atoms with Gasteiger partial charge >= 0.3 is 0 Å². The number of rotatable bonds is 4. The smallest absolute Gasteiger partial charge is 0.239 e. The molecule has 7 heteroatoms. The lowest BCUT2D eigenvalue weighted by molar-refractivity contribution is -0.113. The van der Waals surface area contributed by atoms with Crippen LogP contribution >= 0.6 is 11.6 Å². The zero-order valence-electron chi connectivity index (χ0n) is 11.6. The van der Waals surface area contributed by atoms with Crippen LogP contribution in [0.2, 0.25) is 5.02 Å². The van der Waals surface area contributed by atoms with Crippen LogP contribution in [-0.2, 0) is 14.6 Å². The van der Waals surface area contributed by atoms with Gasteiger partial charge in [-0.15, -0.1) is 0 Å². The second-order valence-electron chi connectivity index (χ2n) is 5.35. The summed E-state index contributed by atoms with van der Waals surface area (Å²) in [6, 6.07) is 4.66. The van der Waals surface area contributed by atoms with Crippen LogP contribution in [0.3, 0.4) is 0 Å². The van der Waals surface area contributed by atoms with Gasteiger partial charge < -0.3 is 11.1 Å². The Kier molecular flexibility index (Phi) is 5.11. The van der Waals surface area contributed by atoms with Gasteiger partial charge in [-0.3, -0.25) is 4.79 Å². The summed E-state index contributed by atoms with van der Waals surface area (Å²) in [6.07, 6.45) is 4.19. The van der Waals surface area contributed by atoms with Crippen LogP contribution in [0.1, 0.15) is 32.1 Å². The highest BCUT2D eigenvalue weighted by atomic mass is 35.5. The molecule has 0 spiro atoms. The molecule has 1 aromatic rings. The molecule has 2 rings (SSSR count). The Morgan fingerprint density at radius 1 is 1.29 bits per heavy atom. The average Bonchev–Trinajstić information content (AvgIpc) is 2.42. The van der Waals surface area contributed by atoms with Gasteiger partial charge in [0.15, 0.2) is 9.84 Å². The Morgan fingerprint density at radius 2 is 1.95 bits per heavy atom. The van der Waals surface area contributed by atoms with E-state index in [9.17, 15) is 13.2 Å². The van der Waals surface area contributed by atoms with E-state index in [0.29, 0.717) is 29.2 Å². The van der Waals surface area contributed by atoms with Crippen LogP contribution in [0.4, 0.5) is 11.4 Å². The summed E-state index contributed by atoms with van der Waals surface area (Å²) in [5.74, 6) is -1.06. The van der Waals surface area contributed by atoms with Gasteiger partial charge in [0.2, 0.25) is 5.91 Å². The predicted molar refractivity (Wildman–Crippen MR) is 85.2 cm³/mol. The molecule has 116 valence electrons. The van der Waals surface area contributed by atoms with Gasteiger partial charge in [0.05, 0.1) is 16.0 Å². The van der Waals surface area contributed by atoms with Gasteiger partial charge in [0, 0.05) is 5.69 Å². The summed E-state index contributed by atoms with van der Waals surface area (Å²) >= 11 is 5.95. The molecular weight excluding hydrogens is 312 g/mol. The molecule has 1 aliphatic carbocycles. The maximum Gasteiger partial charge on any atom is 0.239 e. The van der Waals surface area contributed by atoms with Crippen LogP contribution in [0.5, 0.6) is 0 Å². The minimum absolute atomic E-state index is 0.290. The minimum atomic E-state index is -3.40. The summed E-state index contributed by atoms with van der Waals surface area (Å²) in [6.45, 7) is 0. The van der Waals surface area contributed by atoms with Crippen molar-refractivity contribution in [3.63, 3.8) is 0 Å². The average molecular weight is 331 g/mol. The van der Waals surface area contributed by atoms with Gasteiger partial charge in [-0.2, -0.15) is 0 Å². The number of carbonyl (C=O) groups is 1. The molecule has 1 saturated carbocycles. The molecule has 0 aromatic heterocycles. The van der Waals surface area contributed by atoms with E-state index in [2.05, 4.69) is 5.32 Å². The van der Waals surface area contributed by atoms with Crippen molar-refractivity contribution in [2.75, 3.05) is 16.8 Å². The fourth-order valence-electron chi connectivity index (χ4n) is 2.54. The van der Waals surface area contributed by atoms with E-state index in [1.807, 2.05) is 0 Å². The molecule has 0 bridgehead atoms. The van der Waals surface area contributed by atoms with Crippen molar-refractivity contribution in [2.24, 2.45) is 0 Å². The monoisotopic (exact) mass is 330 g/mol.